The van der Waals surface area contributed by atoms with Gasteiger partial charge in [-0.15, -0.1) is 11.8 Å². The van der Waals surface area contributed by atoms with Gasteiger partial charge in [0.1, 0.15) is 18.2 Å². The molecule has 26 heavy (non-hydrogen) atoms. The number of nitrogens with zero attached hydrogens (tertiary/aromatic N) is 1. The lowest BCUT2D eigenvalue weighted by molar-refractivity contribution is 0.183. The van der Waals surface area contributed by atoms with E-state index in [1.54, 1.807) is 6.07 Å². The molecule has 2 nitrogen and oxygen atoms in total. The Morgan fingerprint density at radius 2 is 1.92 bits per heavy atom. The minimum Gasteiger partial charge on any atom is -0.489 e. The summed E-state index contributed by atoms with van der Waals surface area (Å²) in [6, 6.07) is 13.8. The Balaban J connectivity index is 1.37. The van der Waals surface area contributed by atoms with E-state index in [4.69, 9.17) is 16.3 Å². The lowest BCUT2D eigenvalue weighted by Crippen LogP contribution is -2.40. The second kappa shape index (κ2) is 7.79. The SMILES string of the molecule is CN1C2CCC1CC(Sc1ccc(OCc3cccc(F)c3)cc1Cl)C2. The fraction of sp³-hybridized carbons (Fsp3) is 0.429. The molecular weight excluding hydrogens is 369 g/mol. The normalized spacial score (nSPS) is 25.4. The second-order valence-corrected chi connectivity index (χ2v) is 9.02. The first-order chi connectivity index (χ1) is 12.6. The smallest absolute Gasteiger partial charge is 0.123 e. The van der Waals surface area contributed by atoms with Gasteiger partial charge in [0.15, 0.2) is 0 Å². The zero-order valence-corrected chi connectivity index (χ0v) is 16.4. The summed E-state index contributed by atoms with van der Waals surface area (Å²) in [5.41, 5.74) is 0.807. The Kier molecular flexibility index (Phi) is 5.44. The minimum absolute atomic E-state index is 0.247. The molecule has 2 unspecified atom stereocenters. The number of halogens is 2. The Bertz CT molecular complexity index is 772. The van der Waals surface area contributed by atoms with Crippen molar-refractivity contribution in [3.63, 3.8) is 0 Å². The zero-order valence-electron chi connectivity index (χ0n) is 14.8. The van der Waals surface area contributed by atoms with Gasteiger partial charge in [-0.3, -0.25) is 0 Å². The van der Waals surface area contributed by atoms with Crippen molar-refractivity contribution in [2.24, 2.45) is 0 Å². The third-order valence-electron chi connectivity index (χ3n) is 5.55. The first-order valence-electron chi connectivity index (χ1n) is 9.14. The summed E-state index contributed by atoms with van der Waals surface area (Å²) in [7, 11) is 2.26. The largest absolute Gasteiger partial charge is 0.489 e. The standard InChI is InChI=1S/C21H23ClFNOS/c1-24-16-5-6-17(24)11-19(10-16)26-21-8-7-18(12-20(21)22)25-13-14-3-2-4-15(23)9-14/h2-4,7-9,12,16-17,19H,5-6,10-11,13H2,1H3. The predicted octanol–water partition coefficient (Wildman–Crippen LogP) is 5.78. The van der Waals surface area contributed by atoms with Gasteiger partial charge in [0, 0.05) is 22.2 Å². The van der Waals surface area contributed by atoms with Crippen molar-refractivity contribution >= 4 is 23.4 Å². The fourth-order valence-electron chi connectivity index (χ4n) is 4.10. The average molecular weight is 392 g/mol. The van der Waals surface area contributed by atoms with Crippen LogP contribution in [0.3, 0.4) is 0 Å². The highest BCUT2D eigenvalue weighted by molar-refractivity contribution is 8.00. The first-order valence-corrected chi connectivity index (χ1v) is 10.4. The van der Waals surface area contributed by atoms with Gasteiger partial charge in [0.25, 0.3) is 0 Å². The Labute approximate surface area is 163 Å². The van der Waals surface area contributed by atoms with Crippen LogP contribution in [0.25, 0.3) is 0 Å². The van der Waals surface area contributed by atoms with Crippen molar-refractivity contribution in [3.8, 4) is 5.75 Å². The summed E-state index contributed by atoms with van der Waals surface area (Å²) >= 11 is 8.40. The highest BCUT2D eigenvalue weighted by atomic mass is 35.5. The van der Waals surface area contributed by atoms with E-state index in [0.717, 1.165) is 27.6 Å². The summed E-state index contributed by atoms with van der Waals surface area (Å²) in [4.78, 5) is 3.68. The lowest BCUT2D eigenvalue weighted by Gasteiger charge is -2.36. The van der Waals surface area contributed by atoms with Crippen LogP contribution < -0.4 is 4.74 Å². The monoisotopic (exact) mass is 391 g/mol. The van der Waals surface area contributed by atoms with E-state index in [2.05, 4.69) is 11.9 Å². The molecule has 5 heteroatoms. The van der Waals surface area contributed by atoms with Crippen molar-refractivity contribution in [1.29, 1.82) is 0 Å². The van der Waals surface area contributed by atoms with Gasteiger partial charge >= 0.3 is 0 Å². The molecule has 0 N–H and O–H groups in total. The van der Waals surface area contributed by atoms with Gasteiger partial charge in [-0.1, -0.05) is 23.7 Å². The molecule has 138 valence electrons. The van der Waals surface area contributed by atoms with Gasteiger partial charge in [-0.05, 0) is 68.6 Å². The van der Waals surface area contributed by atoms with Crippen LogP contribution in [-0.2, 0) is 6.61 Å². The molecule has 0 saturated carbocycles. The molecule has 0 aliphatic carbocycles. The van der Waals surface area contributed by atoms with Gasteiger partial charge in [-0.25, -0.2) is 4.39 Å². The molecule has 2 saturated heterocycles. The zero-order chi connectivity index (χ0) is 18.1. The van der Waals surface area contributed by atoms with Crippen LogP contribution in [-0.4, -0.2) is 29.3 Å². The number of benzene rings is 2. The summed E-state index contributed by atoms with van der Waals surface area (Å²) in [6.45, 7) is 0.332. The first kappa shape index (κ1) is 18.1. The number of ether oxygens (including phenoxy) is 1. The molecule has 2 heterocycles. The van der Waals surface area contributed by atoms with Crippen LogP contribution in [0, 0.1) is 5.82 Å². The molecule has 2 aromatic carbocycles. The van der Waals surface area contributed by atoms with E-state index < -0.39 is 0 Å². The number of thioether (sulfide) groups is 1. The number of rotatable bonds is 5. The van der Waals surface area contributed by atoms with Gasteiger partial charge in [0.05, 0.1) is 5.02 Å². The molecular formula is C21H23ClFNOS. The predicted molar refractivity (Wildman–Crippen MR) is 106 cm³/mol. The Morgan fingerprint density at radius 3 is 2.62 bits per heavy atom. The number of fused-ring (bicyclic) bond motifs is 2. The lowest BCUT2D eigenvalue weighted by atomic mass is 10.0. The van der Waals surface area contributed by atoms with E-state index in [1.807, 2.05) is 36.0 Å². The molecule has 2 atom stereocenters. The molecule has 0 spiro atoms. The van der Waals surface area contributed by atoms with E-state index in [9.17, 15) is 4.39 Å². The van der Waals surface area contributed by atoms with Crippen LogP contribution in [0.5, 0.6) is 5.75 Å². The molecule has 0 radical (unpaired) electrons. The number of hydrogen-bond acceptors (Lipinski definition) is 3. The number of piperidine rings is 1. The van der Waals surface area contributed by atoms with E-state index >= 15 is 0 Å². The average Bonchev–Trinajstić information content (AvgIpc) is 2.83. The van der Waals surface area contributed by atoms with Crippen molar-refractivity contribution in [3.05, 3.63) is 58.9 Å². The Hall–Kier alpha value is -1.23. The van der Waals surface area contributed by atoms with Gasteiger partial charge < -0.3 is 9.64 Å². The molecule has 2 aromatic rings. The van der Waals surface area contributed by atoms with Crippen LogP contribution in [0.1, 0.15) is 31.2 Å². The third-order valence-corrected chi connectivity index (χ3v) is 7.30. The van der Waals surface area contributed by atoms with Crippen molar-refractivity contribution in [2.45, 2.75) is 54.5 Å². The molecule has 4 rings (SSSR count). The Morgan fingerprint density at radius 1 is 1.15 bits per heavy atom. The molecule has 2 fully saturated rings. The molecule has 2 aliphatic heterocycles. The fourth-order valence-corrected chi connectivity index (χ4v) is 5.72. The maximum absolute atomic E-state index is 13.2. The topological polar surface area (TPSA) is 12.5 Å². The van der Waals surface area contributed by atoms with E-state index in [-0.39, 0.29) is 5.82 Å². The maximum Gasteiger partial charge on any atom is 0.123 e. The summed E-state index contributed by atoms with van der Waals surface area (Å²) in [5, 5.41) is 1.37. The molecule has 0 aromatic heterocycles. The van der Waals surface area contributed by atoms with Crippen molar-refractivity contribution in [1.82, 2.24) is 4.90 Å². The third kappa shape index (κ3) is 4.03. The molecule has 2 bridgehead atoms. The van der Waals surface area contributed by atoms with Crippen LogP contribution >= 0.6 is 23.4 Å². The highest BCUT2D eigenvalue weighted by Crippen LogP contribution is 2.43. The maximum atomic E-state index is 13.2. The van der Waals surface area contributed by atoms with Crippen molar-refractivity contribution in [2.75, 3.05) is 7.05 Å². The highest BCUT2D eigenvalue weighted by Gasteiger charge is 2.38. The van der Waals surface area contributed by atoms with Gasteiger partial charge in [0.2, 0.25) is 0 Å². The van der Waals surface area contributed by atoms with Crippen LogP contribution in [0.2, 0.25) is 5.02 Å². The minimum atomic E-state index is -0.247. The quantitative estimate of drug-likeness (QED) is 0.641. The summed E-state index contributed by atoms with van der Waals surface area (Å²) in [5.74, 6) is 0.468. The molecule has 2 aliphatic rings. The molecule has 0 amide bonds. The van der Waals surface area contributed by atoms with Crippen molar-refractivity contribution < 1.29 is 9.13 Å². The summed E-state index contributed by atoms with van der Waals surface area (Å²) < 4.78 is 19.0. The van der Waals surface area contributed by atoms with Crippen LogP contribution in [0.4, 0.5) is 4.39 Å². The van der Waals surface area contributed by atoms with Crippen LogP contribution in [0.15, 0.2) is 47.4 Å². The summed E-state index contributed by atoms with van der Waals surface area (Å²) in [6.07, 6.45) is 5.15. The number of hydrogen-bond donors (Lipinski definition) is 0. The van der Waals surface area contributed by atoms with Gasteiger partial charge in [-0.2, -0.15) is 0 Å². The van der Waals surface area contributed by atoms with E-state index in [1.165, 1.54) is 37.8 Å². The van der Waals surface area contributed by atoms with E-state index in [0.29, 0.717) is 17.6 Å². The second-order valence-electron chi connectivity index (χ2n) is 7.27.